The molecule has 228 valence electrons. The summed E-state index contributed by atoms with van der Waals surface area (Å²) in [6.45, 7) is 15.1. The quantitative estimate of drug-likeness (QED) is 0.109. The Bertz CT molecular complexity index is 1370. The van der Waals surface area contributed by atoms with Gasteiger partial charge in [0.15, 0.2) is 0 Å². The number of anilines is 1. The first kappa shape index (κ1) is 32.7. The molecule has 0 aliphatic carbocycles. The average Bonchev–Trinajstić information content (AvgIpc) is 2.97. The highest BCUT2D eigenvalue weighted by atomic mass is 32.2. The van der Waals surface area contributed by atoms with Crippen molar-refractivity contribution in [3.05, 3.63) is 96.6 Å². The van der Waals surface area contributed by atoms with E-state index in [4.69, 9.17) is 16.9 Å². The van der Waals surface area contributed by atoms with Gasteiger partial charge in [-0.25, -0.2) is 13.1 Å². The van der Waals surface area contributed by atoms with Crippen molar-refractivity contribution in [2.24, 2.45) is 17.4 Å². The van der Waals surface area contributed by atoms with Crippen LogP contribution in [0, 0.1) is 11.3 Å². The van der Waals surface area contributed by atoms with E-state index < -0.39 is 16.1 Å². The number of piperidine rings is 1. The van der Waals surface area contributed by atoms with E-state index >= 15 is 0 Å². The number of nitrogen functional groups attached to an aromatic ring is 1. The summed E-state index contributed by atoms with van der Waals surface area (Å²) < 4.78 is 30.3. The van der Waals surface area contributed by atoms with E-state index in [1.165, 1.54) is 0 Å². The number of likely N-dealkylation sites (tertiary alicyclic amines) is 1. The van der Waals surface area contributed by atoms with Gasteiger partial charge >= 0.3 is 0 Å². The third-order valence-corrected chi connectivity index (χ3v) is 8.97. The standard InChI is InChI=1S/C31H46N8O2S/c1-22(11-15-32)37-28-9-6-10-29(21-28)42(40,41)38-30(20-26-7-5-8-27(19-26)31(33)34)23(2)39-17-13-25(14-18-39)12-16-36-24(3)35-4/h5-10,19,21,25,30,35-38H,1-3,11-18,20,32H2,4H3,(H3,33,34)/t30-/m0/s1. The van der Waals surface area contributed by atoms with Gasteiger partial charge < -0.3 is 32.3 Å². The smallest absolute Gasteiger partial charge is 0.241 e. The van der Waals surface area contributed by atoms with Gasteiger partial charge in [-0.15, -0.1) is 0 Å². The van der Waals surface area contributed by atoms with Gasteiger partial charge in [0.25, 0.3) is 0 Å². The Balaban J connectivity index is 1.78. The minimum atomic E-state index is -3.92. The molecule has 1 aliphatic rings. The fourth-order valence-electron chi connectivity index (χ4n) is 5.01. The van der Waals surface area contributed by atoms with E-state index in [1.54, 1.807) is 30.3 Å². The summed E-state index contributed by atoms with van der Waals surface area (Å²) in [5.74, 6) is 1.34. The lowest BCUT2D eigenvalue weighted by molar-refractivity contribution is 0.208. The number of benzene rings is 2. The van der Waals surface area contributed by atoms with Crippen molar-refractivity contribution >= 4 is 21.5 Å². The van der Waals surface area contributed by atoms with Crippen LogP contribution in [0.15, 0.2) is 90.4 Å². The van der Waals surface area contributed by atoms with E-state index in [-0.39, 0.29) is 10.7 Å². The van der Waals surface area contributed by atoms with Crippen molar-refractivity contribution in [2.75, 3.05) is 38.5 Å². The summed E-state index contributed by atoms with van der Waals surface area (Å²) in [5.41, 5.74) is 14.8. The van der Waals surface area contributed by atoms with Crippen molar-refractivity contribution in [1.82, 2.24) is 20.3 Å². The number of rotatable bonds is 17. The van der Waals surface area contributed by atoms with E-state index in [9.17, 15) is 8.42 Å². The average molecular weight is 595 g/mol. The molecule has 0 radical (unpaired) electrons. The molecule has 0 saturated carbocycles. The van der Waals surface area contributed by atoms with Gasteiger partial charge in [0.2, 0.25) is 10.0 Å². The normalized spacial score (nSPS) is 14.6. The van der Waals surface area contributed by atoms with Crippen molar-refractivity contribution in [3.8, 4) is 0 Å². The minimum absolute atomic E-state index is 0.0387. The Morgan fingerprint density at radius 3 is 2.50 bits per heavy atom. The van der Waals surface area contributed by atoms with Crippen LogP contribution in [0.1, 0.15) is 36.8 Å². The molecule has 1 saturated heterocycles. The molecule has 0 spiro atoms. The van der Waals surface area contributed by atoms with Crippen molar-refractivity contribution in [1.29, 1.82) is 5.41 Å². The fraction of sp³-hybridized carbons (Fsp3) is 0.387. The van der Waals surface area contributed by atoms with Crippen LogP contribution in [-0.2, 0) is 16.4 Å². The van der Waals surface area contributed by atoms with Crippen molar-refractivity contribution in [3.63, 3.8) is 0 Å². The molecule has 1 fully saturated rings. The summed E-state index contributed by atoms with van der Waals surface area (Å²) in [5, 5.41) is 17.2. The summed E-state index contributed by atoms with van der Waals surface area (Å²) >= 11 is 0. The van der Waals surface area contributed by atoms with Crippen molar-refractivity contribution < 1.29 is 8.42 Å². The van der Waals surface area contributed by atoms with Gasteiger partial charge in [-0.1, -0.05) is 44.0 Å². The molecule has 1 heterocycles. The number of nitrogens with two attached hydrogens (primary N) is 2. The van der Waals surface area contributed by atoms with Gasteiger partial charge in [-0.3, -0.25) is 5.41 Å². The monoisotopic (exact) mass is 594 g/mol. The molecule has 10 nitrogen and oxygen atoms in total. The van der Waals surface area contributed by atoms with Crippen LogP contribution < -0.4 is 32.1 Å². The van der Waals surface area contributed by atoms with Gasteiger partial charge in [0.05, 0.1) is 16.8 Å². The zero-order valence-corrected chi connectivity index (χ0v) is 25.4. The Kier molecular flexibility index (Phi) is 12.0. The molecular formula is C31H46N8O2S. The first-order chi connectivity index (χ1) is 20.0. The highest BCUT2D eigenvalue weighted by Crippen LogP contribution is 2.26. The molecule has 0 amide bonds. The lowest BCUT2D eigenvalue weighted by atomic mass is 9.92. The number of amidine groups is 1. The van der Waals surface area contributed by atoms with E-state index in [0.717, 1.165) is 56.0 Å². The lowest BCUT2D eigenvalue weighted by Gasteiger charge is -2.38. The number of nitrogens with one attached hydrogen (secondary N) is 5. The maximum atomic E-state index is 13.7. The second-order valence-electron chi connectivity index (χ2n) is 10.7. The van der Waals surface area contributed by atoms with E-state index in [2.05, 4.69) is 45.3 Å². The third kappa shape index (κ3) is 9.64. The van der Waals surface area contributed by atoms with Crippen LogP contribution in [-0.4, -0.2) is 58.4 Å². The zero-order chi connectivity index (χ0) is 30.7. The Labute approximate surface area is 250 Å². The third-order valence-electron chi connectivity index (χ3n) is 7.50. The zero-order valence-electron chi connectivity index (χ0n) is 24.6. The largest absolute Gasteiger partial charge is 0.384 e. The summed E-state index contributed by atoms with van der Waals surface area (Å²) in [6.07, 6.45) is 3.96. The second kappa shape index (κ2) is 15.4. The molecule has 42 heavy (non-hydrogen) atoms. The van der Waals surface area contributed by atoms with Crippen LogP contribution in [0.25, 0.3) is 0 Å². The van der Waals surface area contributed by atoms with Crippen LogP contribution in [0.3, 0.4) is 0 Å². The number of hydrogen-bond donors (Lipinski definition) is 7. The molecule has 0 bridgehead atoms. The molecule has 2 aromatic carbocycles. The lowest BCUT2D eigenvalue weighted by Crippen LogP contribution is -2.45. The van der Waals surface area contributed by atoms with Crippen molar-refractivity contribution in [2.45, 2.75) is 43.0 Å². The molecule has 0 unspecified atom stereocenters. The summed E-state index contributed by atoms with van der Waals surface area (Å²) in [6, 6.07) is 13.4. The first-order valence-electron chi connectivity index (χ1n) is 14.3. The van der Waals surface area contributed by atoms with Gasteiger partial charge in [0.1, 0.15) is 5.84 Å². The first-order valence-corrected chi connectivity index (χ1v) is 15.8. The molecule has 1 aliphatic heterocycles. The van der Waals surface area contributed by atoms with Gasteiger partial charge in [0, 0.05) is 49.3 Å². The summed E-state index contributed by atoms with van der Waals surface area (Å²) in [7, 11) is -2.07. The Morgan fingerprint density at radius 2 is 1.83 bits per heavy atom. The fourth-order valence-corrected chi connectivity index (χ4v) is 6.28. The van der Waals surface area contributed by atoms with E-state index in [0.29, 0.717) is 42.3 Å². The predicted octanol–water partition coefficient (Wildman–Crippen LogP) is 3.03. The van der Waals surface area contributed by atoms with Crippen LogP contribution in [0.4, 0.5) is 5.69 Å². The predicted molar refractivity (Wildman–Crippen MR) is 172 cm³/mol. The number of nitrogens with zero attached hydrogens (tertiary/aromatic N) is 1. The molecule has 1 atom stereocenters. The number of sulfonamides is 1. The number of hydrogen-bond acceptors (Lipinski definition) is 8. The maximum absolute atomic E-state index is 13.7. The SMILES string of the molecule is C=C(CCN)Nc1cccc(S(=O)(=O)N[C@@H](Cc2cccc(C(=N)N)c2)C(=C)N2CCC(CCNC(=C)NC)CC2)c1. The van der Waals surface area contributed by atoms with Gasteiger partial charge in [-0.05, 0) is 74.4 Å². The highest BCUT2D eigenvalue weighted by Gasteiger charge is 2.28. The van der Waals surface area contributed by atoms with Crippen LogP contribution in [0.2, 0.25) is 0 Å². The highest BCUT2D eigenvalue weighted by molar-refractivity contribution is 7.89. The second-order valence-corrected chi connectivity index (χ2v) is 12.4. The molecule has 3 rings (SSSR count). The molecule has 11 heteroatoms. The van der Waals surface area contributed by atoms with Crippen LogP contribution in [0.5, 0.6) is 0 Å². The maximum Gasteiger partial charge on any atom is 0.241 e. The molecule has 2 aromatic rings. The minimum Gasteiger partial charge on any atom is -0.384 e. The van der Waals surface area contributed by atoms with E-state index in [1.807, 2.05) is 25.2 Å². The van der Waals surface area contributed by atoms with Gasteiger partial charge in [-0.2, -0.15) is 0 Å². The summed E-state index contributed by atoms with van der Waals surface area (Å²) in [4.78, 5) is 2.32. The topological polar surface area (TPSA) is 161 Å². The Morgan fingerprint density at radius 1 is 1.12 bits per heavy atom. The molecular weight excluding hydrogens is 548 g/mol. The van der Waals surface area contributed by atoms with Crippen LogP contribution >= 0.6 is 0 Å². The molecule has 9 N–H and O–H groups in total. The molecule has 0 aromatic heterocycles. The Hall–Kier alpha value is -3.80.